The maximum Gasteiger partial charge on any atom is 0.281 e. The maximum atomic E-state index is 12.2. The first-order chi connectivity index (χ1) is 11.4. The van der Waals surface area contributed by atoms with Crippen LogP contribution in [0.4, 0.5) is 0 Å². The lowest BCUT2D eigenvalue weighted by Crippen LogP contribution is -2.38. The van der Waals surface area contributed by atoms with E-state index >= 15 is 0 Å². The fraction of sp³-hybridized carbons (Fsp3) is 0.500. The van der Waals surface area contributed by atoms with Gasteiger partial charge >= 0.3 is 0 Å². The molecule has 1 fully saturated rings. The topological polar surface area (TPSA) is 66.4 Å². The van der Waals surface area contributed by atoms with Crippen molar-refractivity contribution >= 4 is 21.5 Å². The molecule has 2 aromatic heterocycles. The summed E-state index contributed by atoms with van der Waals surface area (Å²) in [6.45, 7) is 3.11. The van der Waals surface area contributed by atoms with Gasteiger partial charge in [0.25, 0.3) is 10.2 Å². The average Bonchev–Trinajstić information content (AvgIpc) is 3.17. The van der Waals surface area contributed by atoms with Crippen LogP contribution in [0, 0.1) is 12.8 Å². The SMILES string of the molecule is Cc1csc(-c2cccc(C[C@@H]3CCN(S(=O)(=O)N(C)C)C3)n2)n1. The molecule has 1 saturated heterocycles. The predicted molar refractivity (Wildman–Crippen MR) is 96.1 cm³/mol. The van der Waals surface area contributed by atoms with Crippen molar-refractivity contribution in [1.82, 2.24) is 18.6 Å². The molecule has 0 saturated carbocycles. The fourth-order valence-electron chi connectivity index (χ4n) is 2.88. The predicted octanol–water partition coefficient (Wildman–Crippen LogP) is 2.18. The first-order valence-electron chi connectivity index (χ1n) is 7.92. The first kappa shape index (κ1) is 17.5. The van der Waals surface area contributed by atoms with Gasteiger partial charge in [-0.2, -0.15) is 17.0 Å². The van der Waals surface area contributed by atoms with E-state index in [-0.39, 0.29) is 0 Å². The molecule has 0 spiro atoms. The minimum atomic E-state index is -3.31. The van der Waals surface area contributed by atoms with Crippen molar-refractivity contribution < 1.29 is 8.42 Å². The van der Waals surface area contributed by atoms with Crippen LogP contribution in [0.2, 0.25) is 0 Å². The van der Waals surface area contributed by atoms with Crippen molar-refractivity contribution in [3.05, 3.63) is 35.0 Å². The Labute approximate surface area is 147 Å². The van der Waals surface area contributed by atoms with Crippen LogP contribution in [0.25, 0.3) is 10.7 Å². The Balaban J connectivity index is 1.69. The number of pyridine rings is 1. The molecule has 6 nitrogen and oxygen atoms in total. The van der Waals surface area contributed by atoms with E-state index in [1.165, 1.54) is 4.31 Å². The van der Waals surface area contributed by atoms with E-state index in [2.05, 4.69) is 4.98 Å². The van der Waals surface area contributed by atoms with Crippen molar-refractivity contribution in [1.29, 1.82) is 0 Å². The van der Waals surface area contributed by atoms with Crippen LogP contribution < -0.4 is 0 Å². The van der Waals surface area contributed by atoms with E-state index < -0.39 is 10.2 Å². The lowest BCUT2D eigenvalue weighted by atomic mass is 10.0. The van der Waals surface area contributed by atoms with Crippen LogP contribution in [-0.2, 0) is 16.6 Å². The van der Waals surface area contributed by atoms with Crippen molar-refractivity contribution in [2.24, 2.45) is 5.92 Å². The normalized spacial score (nSPS) is 19.2. The zero-order valence-electron chi connectivity index (χ0n) is 14.1. The molecule has 130 valence electrons. The van der Waals surface area contributed by atoms with Crippen LogP contribution in [0.5, 0.6) is 0 Å². The van der Waals surface area contributed by atoms with Gasteiger partial charge in [-0.3, -0.25) is 4.98 Å². The van der Waals surface area contributed by atoms with Gasteiger partial charge in [-0.25, -0.2) is 4.98 Å². The summed E-state index contributed by atoms with van der Waals surface area (Å²) < 4.78 is 27.2. The van der Waals surface area contributed by atoms with Gasteiger partial charge in [0, 0.05) is 44.0 Å². The van der Waals surface area contributed by atoms with Crippen molar-refractivity contribution in [3.8, 4) is 10.7 Å². The van der Waals surface area contributed by atoms with Gasteiger partial charge in [0.2, 0.25) is 0 Å². The second-order valence-corrected chi connectivity index (χ2v) is 9.32. The Bertz CT molecular complexity index is 817. The smallest absolute Gasteiger partial charge is 0.250 e. The highest BCUT2D eigenvalue weighted by Crippen LogP contribution is 2.25. The second-order valence-electron chi connectivity index (χ2n) is 6.32. The van der Waals surface area contributed by atoms with Crippen LogP contribution in [0.15, 0.2) is 23.6 Å². The van der Waals surface area contributed by atoms with Crippen LogP contribution >= 0.6 is 11.3 Å². The highest BCUT2D eigenvalue weighted by atomic mass is 32.2. The third-order valence-corrected chi connectivity index (χ3v) is 7.07. The summed E-state index contributed by atoms with van der Waals surface area (Å²) in [5, 5.41) is 2.95. The van der Waals surface area contributed by atoms with Gasteiger partial charge in [-0.15, -0.1) is 11.3 Å². The molecule has 1 aliphatic rings. The molecule has 8 heteroatoms. The Morgan fingerprint density at radius 3 is 2.79 bits per heavy atom. The fourth-order valence-corrected chi connectivity index (χ4v) is 4.85. The van der Waals surface area contributed by atoms with Crippen LogP contribution in [0.1, 0.15) is 17.8 Å². The largest absolute Gasteiger partial charge is 0.281 e. The van der Waals surface area contributed by atoms with Gasteiger partial charge in [0.05, 0.1) is 5.69 Å². The second kappa shape index (κ2) is 6.87. The molecule has 0 unspecified atom stereocenters. The summed E-state index contributed by atoms with van der Waals surface area (Å²) in [7, 11) is -0.166. The maximum absolute atomic E-state index is 12.2. The van der Waals surface area contributed by atoms with Gasteiger partial charge in [0.1, 0.15) is 5.01 Å². The highest BCUT2D eigenvalue weighted by molar-refractivity contribution is 7.86. The zero-order chi connectivity index (χ0) is 17.3. The van der Waals surface area contributed by atoms with Crippen molar-refractivity contribution in [2.45, 2.75) is 19.8 Å². The molecule has 2 aromatic rings. The number of hydrogen-bond acceptors (Lipinski definition) is 5. The number of aromatic nitrogens is 2. The van der Waals surface area contributed by atoms with Gasteiger partial charge < -0.3 is 0 Å². The minimum absolute atomic E-state index is 0.306. The number of thiazole rings is 1. The lowest BCUT2D eigenvalue weighted by molar-refractivity contribution is 0.409. The Morgan fingerprint density at radius 2 is 2.12 bits per heavy atom. The summed E-state index contributed by atoms with van der Waals surface area (Å²) in [5.41, 5.74) is 2.89. The molecular formula is C16H22N4O2S2. The molecule has 1 atom stereocenters. The number of rotatable bonds is 5. The van der Waals surface area contributed by atoms with E-state index in [4.69, 9.17) is 4.98 Å². The number of nitrogens with zero attached hydrogens (tertiary/aromatic N) is 4. The molecular weight excluding hydrogens is 344 g/mol. The summed E-state index contributed by atoms with van der Waals surface area (Å²) in [4.78, 5) is 9.19. The monoisotopic (exact) mass is 366 g/mol. The molecule has 0 aliphatic carbocycles. The summed E-state index contributed by atoms with van der Waals surface area (Å²) in [5.74, 6) is 0.306. The first-order valence-corrected chi connectivity index (χ1v) is 10.2. The Morgan fingerprint density at radius 1 is 1.33 bits per heavy atom. The van der Waals surface area contributed by atoms with Crippen molar-refractivity contribution in [3.63, 3.8) is 0 Å². The van der Waals surface area contributed by atoms with Crippen molar-refractivity contribution in [2.75, 3.05) is 27.2 Å². The Hall–Kier alpha value is -1.35. The summed E-state index contributed by atoms with van der Waals surface area (Å²) >= 11 is 1.59. The van der Waals surface area contributed by atoms with E-state index in [0.717, 1.165) is 34.9 Å². The van der Waals surface area contributed by atoms with E-state index in [9.17, 15) is 8.42 Å². The molecule has 24 heavy (non-hydrogen) atoms. The van der Waals surface area contributed by atoms with Gasteiger partial charge in [-0.05, 0) is 37.8 Å². The molecule has 0 N–H and O–H groups in total. The Kier molecular flexibility index (Phi) is 5.00. The quantitative estimate of drug-likeness (QED) is 0.813. The van der Waals surface area contributed by atoms with E-state index in [0.29, 0.717) is 19.0 Å². The minimum Gasteiger partial charge on any atom is -0.250 e. The summed E-state index contributed by atoms with van der Waals surface area (Å²) in [6, 6.07) is 5.98. The van der Waals surface area contributed by atoms with Gasteiger partial charge in [-0.1, -0.05) is 6.07 Å². The third kappa shape index (κ3) is 3.66. The number of hydrogen-bond donors (Lipinski definition) is 0. The summed E-state index contributed by atoms with van der Waals surface area (Å²) in [6.07, 6.45) is 1.66. The van der Waals surface area contributed by atoms with Crippen LogP contribution in [-0.4, -0.2) is 54.2 Å². The van der Waals surface area contributed by atoms with E-state index in [1.54, 1.807) is 29.7 Å². The standard InChI is InChI=1S/C16H22N4O2S2/c1-12-11-23-16(17-12)15-6-4-5-14(18-15)9-13-7-8-20(10-13)24(21,22)19(2)3/h4-6,11,13H,7-10H2,1-3H3/t13-/m0/s1. The number of aryl methyl sites for hydroxylation is 1. The average molecular weight is 367 g/mol. The third-order valence-electron chi connectivity index (χ3n) is 4.18. The van der Waals surface area contributed by atoms with E-state index in [1.807, 2.05) is 30.5 Å². The molecule has 0 aromatic carbocycles. The van der Waals surface area contributed by atoms with Gasteiger partial charge in [0.15, 0.2) is 0 Å². The molecule has 3 heterocycles. The molecule has 0 radical (unpaired) electrons. The highest BCUT2D eigenvalue weighted by Gasteiger charge is 2.32. The lowest BCUT2D eigenvalue weighted by Gasteiger charge is -2.20. The molecule has 3 rings (SSSR count). The molecule has 0 amide bonds. The molecule has 1 aliphatic heterocycles. The zero-order valence-corrected chi connectivity index (χ0v) is 15.8. The van der Waals surface area contributed by atoms with Crippen LogP contribution in [0.3, 0.4) is 0 Å². The molecule has 0 bridgehead atoms.